The van der Waals surface area contributed by atoms with Gasteiger partial charge < -0.3 is 10.4 Å². The minimum atomic E-state index is -2.84. The third kappa shape index (κ3) is 5.33. The minimum Gasteiger partial charge on any atom is -0.390 e. The standard InChI is InChI=1S/C11H24N2O3S/c1-3-5-12-7-11(14)8-13(2)10-4-6-17(15,16)9-10/h10-12,14H,3-9H2,1-2H3. The molecule has 0 bridgehead atoms. The molecule has 0 spiro atoms. The van der Waals surface area contributed by atoms with E-state index < -0.39 is 15.9 Å². The van der Waals surface area contributed by atoms with Crippen LogP contribution in [0.15, 0.2) is 0 Å². The topological polar surface area (TPSA) is 69.6 Å². The van der Waals surface area contributed by atoms with E-state index in [-0.39, 0.29) is 17.5 Å². The quantitative estimate of drug-likeness (QED) is 0.605. The molecule has 102 valence electrons. The van der Waals surface area contributed by atoms with Crippen molar-refractivity contribution in [3.63, 3.8) is 0 Å². The van der Waals surface area contributed by atoms with Crippen LogP contribution in [0.4, 0.5) is 0 Å². The van der Waals surface area contributed by atoms with Gasteiger partial charge in [-0.15, -0.1) is 0 Å². The maximum atomic E-state index is 11.3. The van der Waals surface area contributed by atoms with Gasteiger partial charge in [0.2, 0.25) is 0 Å². The molecule has 17 heavy (non-hydrogen) atoms. The number of hydrogen-bond donors (Lipinski definition) is 2. The molecule has 6 heteroatoms. The van der Waals surface area contributed by atoms with Gasteiger partial charge in [-0.3, -0.25) is 4.90 Å². The first-order chi connectivity index (χ1) is 7.94. The fourth-order valence-electron chi connectivity index (χ4n) is 2.11. The summed E-state index contributed by atoms with van der Waals surface area (Å²) in [6, 6.07) is 0.0702. The zero-order chi connectivity index (χ0) is 12.9. The van der Waals surface area contributed by atoms with E-state index >= 15 is 0 Å². The Balaban J connectivity index is 2.27. The molecule has 2 N–H and O–H groups in total. The number of aliphatic hydroxyl groups is 1. The van der Waals surface area contributed by atoms with Crippen LogP contribution in [-0.2, 0) is 9.84 Å². The predicted octanol–water partition coefficient (Wildman–Crippen LogP) is -0.534. The number of rotatable bonds is 7. The van der Waals surface area contributed by atoms with Crippen LogP contribution in [0.25, 0.3) is 0 Å². The van der Waals surface area contributed by atoms with E-state index in [4.69, 9.17) is 0 Å². The van der Waals surface area contributed by atoms with Gasteiger partial charge in [0.1, 0.15) is 0 Å². The van der Waals surface area contributed by atoms with Crippen molar-refractivity contribution in [3.8, 4) is 0 Å². The van der Waals surface area contributed by atoms with Crippen molar-refractivity contribution >= 4 is 9.84 Å². The first-order valence-electron chi connectivity index (χ1n) is 6.24. The molecule has 0 aromatic rings. The molecular formula is C11H24N2O3S. The van der Waals surface area contributed by atoms with Crippen LogP contribution < -0.4 is 5.32 Å². The Morgan fingerprint density at radius 2 is 2.24 bits per heavy atom. The van der Waals surface area contributed by atoms with E-state index in [1.165, 1.54) is 0 Å². The van der Waals surface area contributed by atoms with Crippen molar-refractivity contribution in [1.82, 2.24) is 10.2 Å². The maximum absolute atomic E-state index is 11.3. The largest absolute Gasteiger partial charge is 0.390 e. The smallest absolute Gasteiger partial charge is 0.151 e. The second-order valence-electron chi connectivity index (χ2n) is 4.85. The average molecular weight is 264 g/mol. The molecule has 1 heterocycles. The summed E-state index contributed by atoms with van der Waals surface area (Å²) in [5.41, 5.74) is 0. The van der Waals surface area contributed by atoms with Crippen LogP contribution >= 0.6 is 0 Å². The van der Waals surface area contributed by atoms with Crippen LogP contribution in [0.1, 0.15) is 19.8 Å². The second-order valence-corrected chi connectivity index (χ2v) is 7.08. The number of hydrogen-bond acceptors (Lipinski definition) is 5. The van der Waals surface area contributed by atoms with Crippen LogP contribution in [0, 0.1) is 0 Å². The molecule has 0 aliphatic carbocycles. The van der Waals surface area contributed by atoms with Gasteiger partial charge in [0.25, 0.3) is 0 Å². The van der Waals surface area contributed by atoms with Crippen LogP contribution in [0.3, 0.4) is 0 Å². The second kappa shape index (κ2) is 6.68. The summed E-state index contributed by atoms with van der Waals surface area (Å²) in [5.74, 6) is 0.519. The normalized spacial score (nSPS) is 25.3. The van der Waals surface area contributed by atoms with Crippen LogP contribution in [0.5, 0.6) is 0 Å². The molecule has 0 radical (unpaired) electrons. The molecule has 5 nitrogen and oxygen atoms in total. The number of nitrogens with one attached hydrogen (secondary N) is 1. The Labute approximate surface area is 104 Å². The number of aliphatic hydroxyl groups excluding tert-OH is 1. The molecule has 1 fully saturated rings. The molecule has 0 amide bonds. The Morgan fingerprint density at radius 3 is 2.76 bits per heavy atom. The van der Waals surface area contributed by atoms with E-state index in [9.17, 15) is 13.5 Å². The fourth-order valence-corrected chi connectivity index (χ4v) is 3.92. The first-order valence-corrected chi connectivity index (χ1v) is 8.06. The zero-order valence-electron chi connectivity index (χ0n) is 10.7. The first kappa shape index (κ1) is 14.9. The van der Waals surface area contributed by atoms with E-state index in [1.807, 2.05) is 11.9 Å². The van der Waals surface area contributed by atoms with Gasteiger partial charge in [-0.2, -0.15) is 0 Å². The van der Waals surface area contributed by atoms with Gasteiger partial charge in [-0.1, -0.05) is 6.92 Å². The Hall–Kier alpha value is -0.170. The molecule has 1 aliphatic heterocycles. The maximum Gasteiger partial charge on any atom is 0.151 e. The third-order valence-corrected chi connectivity index (χ3v) is 4.89. The highest BCUT2D eigenvalue weighted by Gasteiger charge is 2.31. The highest BCUT2D eigenvalue weighted by Crippen LogP contribution is 2.16. The molecule has 2 unspecified atom stereocenters. The minimum absolute atomic E-state index is 0.0702. The molecular weight excluding hydrogens is 240 g/mol. The Morgan fingerprint density at radius 1 is 1.53 bits per heavy atom. The average Bonchev–Trinajstić information content (AvgIpc) is 2.59. The summed E-state index contributed by atoms with van der Waals surface area (Å²) >= 11 is 0. The van der Waals surface area contributed by atoms with Crippen molar-refractivity contribution in [3.05, 3.63) is 0 Å². The predicted molar refractivity (Wildman–Crippen MR) is 68.9 cm³/mol. The summed E-state index contributed by atoms with van der Waals surface area (Å²) in [5, 5.41) is 12.9. The molecule has 2 atom stereocenters. The molecule has 0 aromatic heterocycles. The van der Waals surface area contributed by atoms with Gasteiger partial charge in [0.15, 0.2) is 9.84 Å². The summed E-state index contributed by atoms with van der Waals surface area (Å²) in [6.07, 6.45) is 1.30. The highest BCUT2D eigenvalue weighted by atomic mass is 32.2. The van der Waals surface area contributed by atoms with Crippen LogP contribution in [0.2, 0.25) is 0 Å². The molecule has 0 saturated carbocycles. The lowest BCUT2D eigenvalue weighted by Gasteiger charge is -2.25. The lowest BCUT2D eigenvalue weighted by Crippen LogP contribution is -2.42. The Bertz CT molecular complexity index is 319. The third-order valence-electron chi connectivity index (χ3n) is 3.14. The van der Waals surface area contributed by atoms with Gasteiger partial charge in [-0.05, 0) is 26.4 Å². The van der Waals surface area contributed by atoms with Gasteiger partial charge in [-0.25, -0.2) is 8.42 Å². The number of sulfone groups is 1. The van der Waals surface area contributed by atoms with Gasteiger partial charge in [0, 0.05) is 19.1 Å². The number of likely N-dealkylation sites (N-methyl/N-ethyl adjacent to an activating group) is 1. The summed E-state index contributed by atoms with van der Waals surface area (Å²) in [6.45, 7) is 4.07. The summed E-state index contributed by atoms with van der Waals surface area (Å²) < 4.78 is 22.7. The summed E-state index contributed by atoms with van der Waals surface area (Å²) in [4.78, 5) is 1.96. The fraction of sp³-hybridized carbons (Fsp3) is 1.00. The lowest BCUT2D eigenvalue weighted by atomic mass is 10.2. The summed E-state index contributed by atoms with van der Waals surface area (Å²) in [7, 11) is -0.953. The molecule has 1 rings (SSSR count). The lowest BCUT2D eigenvalue weighted by molar-refractivity contribution is 0.108. The Kier molecular flexibility index (Phi) is 5.85. The van der Waals surface area contributed by atoms with Crippen molar-refractivity contribution in [2.45, 2.75) is 31.9 Å². The van der Waals surface area contributed by atoms with Crippen molar-refractivity contribution in [2.75, 3.05) is 38.2 Å². The highest BCUT2D eigenvalue weighted by molar-refractivity contribution is 7.91. The van der Waals surface area contributed by atoms with E-state index in [0.29, 0.717) is 19.5 Å². The van der Waals surface area contributed by atoms with Crippen molar-refractivity contribution in [2.24, 2.45) is 0 Å². The zero-order valence-corrected chi connectivity index (χ0v) is 11.5. The van der Waals surface area contributed by atoms with Gasteiger partial charge >= 0.3 is 0 Å². The molecule has 0 aromatic carbocycles. The van der Waals surface area contributed by atoms with E-state index in [2.05, 4.69) is 12.2 Å². The van der Waals surface area contributed by atoms with E-state index in [0.717, 1.165) is 13.0 Å². The van der Waals surface area contributed by atoms with Gasteiger partial charge in [0.05, 0.1) is 17.6 Å². The van der Waals surface area contributed by atoms with E-state index in [1.54, 1.807) is 0 Å². The van der Waals surface area contributed by atoms with Crippen molar-refractivity contribution in [1.29, 1.82) is 0 Å². The molecule has 1 saturated heterocycles. The monoisotopic (exact) mass is 264 g/mol. The molecule has 1 aliphatic rings. The van der Waals surface area contributed by atoms with Crippen molar-refractivity contribution < 1.29 is 13.5 Å². The number of nitrogens with zero attached hydrogens (tertiary/aromatic N) is 1. The van der Waals surface area contributed by atoms with Crippen LogP contribution in [-0.4, -0.2) is 68.8 Å². The SMILES string of the molecule is CCCNCC(O)CN(C)C1CCS(=O)(=O)C1.